The van der Waals surface area contributed by atoms with Crippen molar-refractivity contribution in [3.05, 3.63) is 48.5 Å². The van der Waals surface area contributed by atoms with Crippen LogP contribution in [0.2, 0.25) is 0 Å². The van der Waals surface area contributed by atoms with Crippen molar-refractivity contribution in [1.29, 1.82) is 0 Å². The number of hydrogen-bond acceptors (Lipinski definition) is 6. The van der Waals surface area contributed by atoms with Crippen LogP contribution in [0.25, 0.3) is 0 Å². The molecule has 1 fully saturated rings. The van der Waals surface area contributed by atoms with E-state index >= 15 is 0 Å². The molecule has 7 nitrogen and oxygen atoms in total. The molecule has 2 heterocycles. The highest BCUT2D eigenvalue weighted by atomic mass is 32.2. The normalized spacial score (nSPS) is 15.4. The van der Waals surface area contributed by atoms with Crippen LogP contribution in [-0.4, -0.2) is 67.4 Å². The molecule has 2 amide bonds. The zero-order valence-electron chi connectivity index (χ0n) is 19.7. The molecule has 0 atom stereocenters. The SMILES string of the molecule is CCOC(=O)C1CCN(C(=O)CN(C)C(=O)CCN2c3ccccc3Sc3ccccc32)CC1. The molecule has 0 aromatic heterocycles. The molecule has 0 saturated carbocycles. The predicted molar refractivity (Wildman–Crippen MR) is 132 cm³/mol. The maximum Gasteiger partial charge on any atom is 0.309 e. The molecule has 2 aliphatic heterocycles. The van der Waals surface area contributed by atoms with Crippen LogP contribution in [0.15, 0.2) is 58.3 Å². The molecule has 2 aromatic rings. The first-order valence-corrected chi connectivity index (χ1v) is 12.6. The molecule has 180 valence electrons. The monoisotopic (exact) mass is 481 g/mol. The molecule has 0 radical (unpaired) electrons. The van der Waals surface area contributed by atoms with Gasteiger partial charge in [0.25, 0.3) is 0 Å². The van der Waals surface area contributed by atoms with Crippen molar-refractivity contribution in [3.63, 3.8) is 0 Å². The lowest BCUT2D eigenvalue weighted by atomic mass is 9.97. The molecule has 0 bridgehead atoms. The smallest absolute Gasteiger partial charge is 0.309 e. The lowest BCUT2D eigenvalue weighted by Crippen LogP contribution is -2.46. The van der Waals surface area contributed by atoms with Crippen LogP contribution in [0.3, 0.4) is 0 Å². The number of likely N-dealkylation sites (tertiary alicyclic amines) is 1. The number of rotatable bonds is 7. The summed E-state index contributed by atoms with van der Waals surface area (Å²) in [5, 5.41) is 0. The molecule has 1 saturated heterocycles. The van der Waals surface area contributed by atoms with Crippen LogP contribution in [0.1, 0.15) is 26.2 Å². The van der Waals surface area contributed by atoms with Gasteiger partial charge in [-0.2, -0.15) is 0 Å². The van der Waals surface area contributed by atoms with E-state index in [0.29, 0.717) is 45.5 Å². The van der Waals surface area contributed by atoms with Crippen molar-refractivity contribution in [1.82, 2.24) is 9.80 Å². The number of carbonyl (C=O) groups is 3. The van der Waals surface area contributed by atoms with Crippen LogP contribution in [0.4, 0.5) is 11.4 Å². The van der Waals surface area contributed by atoms with E-state index in [1.54, 1.807) is 30.6 Å². The molecule has 0 unspecified atom stereocenters. The summed E-state index contributed by atoms with van der Waals surface area (Å²) >= 11 is 1.74. The molecular formula is C26H31N3O4S. The number of amides is 2. The van der Waals surface area contributed by atoms with Crippen molar-refractivity contribution >= 4 is 40.9 Å². The number of esters is 1. The fraction of sp³-hybridized carbons (Fsp3) is 0.423. The fourth-order valence-electron chi connectivity index (χ4n) is 4.44. The van der Waals surface area contributed by atoms with Crippen LogP contribution in [-0.2, 0) is 19.1 Å². The minimum Gasteiger partial charge on any atom is -0.466 e. The quantitative estimate of drug-likeness (QED) is 0.558. The second kappa shape index (κ2) is 11.0. The molecule has 2 aromatic carbocycles. The standard InChI is InChI=1S/C26H31N3O4S/c1-3-33-26(32)19-12-15-28(16-13-19)25(31)18-27(2)24(30)14-17-29-20-8-4-6-10-22(20)34-23-11-7-5-9-21(23)29/h4-11,19H,3,12-18H2,1-2H3. The highest BCUT2D eigenvalue weighted by Crippen LogP contribution is 2.47. The summed E-state index contributed by atoms with van der Waals surface area (Å²) in [7, 11) is 1.68. The summed E-state index contributed by atoms with van der Waals surface area (Å²) in [5.41, 5.74) is 2.20. The molecule has 0 spiro atoms. The second-order valence-corrected chi connectivity index (χ2v) is 9.68. The Balaban J connectivity index is 1.31. The van der Waals surface area contributed by atoms with Gasteiger partial charge < -0.3 is 19.4 Å². The Bertz CT molecular complexity index is 1010. The van der Waals surface area contributed by atoms with Crippen molar-refractivity contribution < 1.29 is 19.1 Å². The van der Waals surface area contributed by atoms with Crippen LogP contribution in [0, 0.1) is 5.92 Å². The Morgan fingerprint density at radius 3 is 2.18 bits per heavy atom. The van der Waals surface area contributed by atoms with E-state index in [2.05, 4.69) is 29.2 Å². The van der Waals surface area contributed by atoms with E-state index in [1.165, 1.54) is 14.7 Å². The fourth-order valence-corrected chi connectivity index (χ4v) is 5.53. The average molecular weight is 482 g/mol. The third-order valence-electron chi connectivity index (χ3n) is 6.35. The van der Waals surface area contributed by atoms with E-state index < -0.39 is 0 Å². The second-order valence-electron chi connectivity index (χ2n) is 8.60. The molecule has 2 aliphatic rings. The van der Waals surface area contributed by atoms with Gasteiger partial charge in [-0.25, -0.2) is 0 Å². The van der Waals surface area contributed by atoms with Gasteiger partial charge in [-0.3, -0.25) is 14.4 Å². The van der Waals surface area contributed by atoms with Gasteiger partial charge in [-0.15, -0.1) is 0 Å². The zero-order chi connectivity index (χ0) is 24.1. The van der Waals surface area contributed by atoms with Crippen LogP contribution in [0.5, 0.6) is 0 Å². The number of hydrogen-bond donors (Lipinski definition) is 0. The summed E-state index contributed by atoms with van der Waals surface area (Å²) in [4.78, 5) is 45.4. The molecular weight excluding hydrogens is 450 g/mol. The van der Waals surface area contributed by atoms with E-state index in [-0.39, 0.29) is 30.2 Å². The van der Waals surface area contributed by atoms with Crippen LogP contribution < -0.4 is 4.90 Å². The number of nitrogens with zero attached hydrogens (tertiary/aromatic N) is 3. The Morgan fingerprint density at radius 2 is 1.59 bits per heavy atom. The van der Waals surface area contributed by atoms with Crippen LogP contribution >= 0.6 is 11.8 Å². The minimum atomic E-state index is -0.179. The summed E-state index contributed by atoms with van der Waals surface area (Å²) in [6.07, 6.45) is 1.52. The van der Waals surface area contributed by atoms with E-state index in [4.69, 9.17) is 4.74 Å². The summed E-state index contributed by atoms with van der Waals surface area (Å²) in [6, 6.07) is 16.4. The first-order valence-electron chi connectivity index (χ1n) is 11.8. The highest BCUT2D eigenvalue weighted by molar-refractivity contribution is 7.99. The molecule has 0 aliphatic carbocycles. The Kier molecular flexibility index (Phi) is 7.77. The highest BCUT2D eigenvalue weighted by Gasteiger charge is 2.29. The number of anilines is 2. The van der Waals surface area contributed by atoms with Crippen molar-refractivity contribution in [2.45, 2.75) is 36.0 Å². The first kappa shape index (κ1) is 24.1. The number of piperidine rings is 1. The molecule has 34 heavy (non-hydrogen) atoms. The lowest BCUT2D eigenvalue weighted by molar-refractivity contribution is -0.151. The Hall–Kier alpha value is -3.00. The number of fused-ring (bicyclic) bond motifs is 2. The van der Waals surface area contributed by atoms with Crippen molar-refractivity contribution in [2.75, 3.05) is 44.7 Å². The molecule has 8 heteroatoms. The maximum atomic E-state index is 12.9. The molecule has 4 rings (SSSR count). The number of benzene rings is 2. The van der Waals surface area contributed by atoms with E-state index in [1.807, 2.05) is 24.3 Å². The Morgan fingerprint density at radius 1 is 1.00 bits per heavy atom. The van der Waals surface area contributed by atoms with E-state index in [9.17, 15) is 14.4 Å². The van der Waals surface area contributed by atoms with Gasteiger partial charge >= 0.3 is 5.97 Å². The largest absolute Gasteiger partial charge is 0.466 e. The van der Waals surface area contributed by atoms with Gasteiger partial charge in [0.2, 0.25) is 11.8 Å². The maximum absolute atomic E-state index is 12.9. The minimum absolute atomic E-state index is 0.0476. The average Bonchev–Trinajstić information content (AvgIpc) is 2.86. The number of para-hydroxylation sites is 2. The van der Waals surface area contributed by atoms with Crippen molar-refractivity contribution in [3.8, 4) is 0 Å². The number of likely N-dealkylation sites (N-methyl/N-ethyl adjacent to an activating group) is 1. The van der Waals surface area contributed by atoms with Gasteiger partial charge in [-0.1, -0.05) is 36.0 Å². The van der Waals surface area contributed by atoms with Gasteiger partial charge in [-0.05, 0) is 44.0 Å². The Labute approximate surface area is 205 Å². The summed E-state index contributed by atoms with van der Waals surface area (Å²) < 4.78 is 5.09. The zero-order valence-corrected chi connectivity index (χ0v) is 20.6. The number of ether oxygens (including phenoxy) is 1. The summed E-state index contributed by atoms with van der Waals surface area (Å²) in [5.74, 6) is -0.468. The van der Waals surface area contributed by atoms with Gasteiger partial charge in [0.15, 0.2) is 0 Å². The molecule has 0 N–H and O–H groups in total. The lowest BCUT2D eigenvalue weighted by Gasteiger charge is -2.33. The van der Waals surface area contributed by atoms with Gasteiger partial charge in [0, 0.05) is 42.9 Å². The van der Waals surface area contributed by atoms with Gasteiger partial charge in [0.05, 0.1) is 30.4 Å². The van der Waals surface area contributed by atoms with E-state index in [0.717, 1.165) is 11.4 Å². The number of carbonyl (C=O) groups excluding carboxylic acids is 3. The van der Waals surface area contributed by atoms with Crippen molar-refractivity contribution in [2.24, 2.45) is 5.92 Å². The third-order valence-corrected chi connectivity index (χ3v) is 7.48. The van der Waals surface area contributed by atoms with Gasteiger partial charge in [0.1, 0.15) is 0 Å². The third kappa shape index (κ3) is 5.38. The topological polar surface area (TPSA) is 70.2 Å². The summed E-state index contributed by atoms with van der Waals surface area (Å²) in [6.45, 7) is 3.79. The first-order chi connectivity index (χ1) is 16.5. The predicted octanol–water partition coefficient (Wildman–Crippen LogP) is 3.94.